The van der Waals surface area contributed by atoms with Gasteiger partial charge >= 0.3 is 0 Å². The molecule has 0 saturated carbocycles. The summed E-state index contributed by atoms with van der Waals surface area (Å²) in [6, 6.07) is 0.666. The molecule has 0 spiro atoms. The van der Waals surface area contributed by atoms with Gasteiger partial charge in [-0.15, -0.1) is 0 Å². The Bertz CT molecular complexity index is 176. The first-order valence-electron chi connectivity index (χ1n) is 6.36. The van der Waals surface area contributed by atoms with E-state index in [0.717, 1.165) is 39.4 Å². The minimum absolute atomic E-state index is 0.666. The highest BCUT2D eigenvalue weighted by Gasteiger charge is 2.12. The summed E-state index contributed by atoms with van der Waals surface area (Å²) < 4.78 is 5.61. The number of likely N-dealkylation sites (N-methyl/N-ethyl adjacent to an activating group) is 1. The van der Waals surface area contributed by atoms with Gasteiger partial charge in [0.2, 0.25) is 0 Å². The maximum Gasteiger partial charge on any atom is 0.0594 e. The van der Waals surface area contributed by atoms with E-state index in [0.29, 0.717) is 6.04 Å². The van der Waals surface area contributed by atoms with Gasteiger partial charge in [-0.05, 0) is 34.0 Å². The standard InChI is InChI=1S/C12H27N3O/c1-12-4-6-15(7-5-13-12)9-11-16-10-8-14(2)3/h12-13H,4-11H2,1-3H3. The Morgan fingerprint density at radius 1 is 1.31 bits per heavy atom. The van der Waals surface area contributed by atoms with Gasteiger partial charge in [-0.25, -0.2) is 0 Å². The van der Waals surface area contributed by atoms with Crippen LogP contribution in [0, 0.1) is 0 Å². The summed E-state index contributed by atoms with van der Waals surface area (Å²) in [6.07, 6.45) is 1.25. The van der Waals surface area contributed by atoms with Gasteiger partial charge < -0.3 is 15.0 Å². The third-order valence-corrected chi connectivity index (χ3v) is 3.03. The van der Waals surface area contributed by atoms with Crippen molar-refractivity contribution in [3.05, 3.63) is 0 Å². The number of nitrogens with zero attached hydrogens (tertiary/aromatic N) is 2. The molecule has 0 radical (unpaired) electrons. The first-order chi connectivity index (χ1) is 7.68. The van der Waals surface area contributed by atoms with E-state index in [1.54, 1.807) is 0 Å². The van der Waals surface area contributed by atoms with Crippen LogP contribution in [0.1, 0.15) is 13.3 Å². The Balaban J connectivity index is 1.99. The molecule has 4 heteroatoms. The lowest BCUT2D eigenvalue weighted by atomic mass is 10.2. The number of rotatable bonds is 6. The van der Waals surface area contributed by atoms with E-state index in [1.807, 2.05) is 0 Å². The van der Waals surface area contributed by atoms with Crippen molar-refractivity contribution in [2.75, 3.05) is 60.0 Å². The summed E-state index contributed by atoms with van der Waals surface area (Å²) in [4.78, 5) is 4.64. The van der Waals surface area contributed by atoms with Crippen LogP contribution in [0.5, 0.6) is 0 Å². The summed E-state index contributed by atoms with van der Waals surface area (Å²) in [5.41, 5.74) is 0. The third kappa shape index (κ3) is 6.43. The van der Waals surface area contributed by atoms with Gasteiger partial charge in [0.25, 0.3) is 0 Å². The predicted octanol–water partition coefficient (Wildman–Crippen LogP) is 0.248. The number of hydrogen-bond donors (Lipinski definition) is 1. The van der Waals surface area contributed by atoms with Crippen molar-refractivity contribution in [1.29, 1.82) is 0 Å². The Kier molecular flexibility index (Phi) is 6.96. The molecule has 4 nitrogen and oxygen atoms in total. The van der Waals surface area contributed by atoms with Crippen LogP contribution in [0.4, 0.5) is 0 Å². The average molecular weight is 229 g/mol. The van der Waals surface area contributed by atoms with Gasteiger partial charge in [0.05, 0.1) is 13.2 Å². The molecule has 1 aliphatic rings. The highest BCUT2D eigenvalue weighted by Crippen LogP contribution is 2.00. The Labute approximate surface area is 99.9 Å². The fourth-order valence-corrected chi connectivity index (χ4v) is 1.83. The zero-order valence-corrected chi connectivity index (χ0v) is 11.0. The van der Waals surface area contributed by atoms with E-state index in [-0.39, 0.29) is 0 Å². The molecule has 1 atom stereocenters. The summed E-state index contributed by atoms with van der Waals surface area (Å²) in [6.45, 7) is 9.51. The van der Waals surface area contributed by atoms with Crippen LogP contribution in [-0.4, -0.2) is 75.9 Å². The van der Waals surface area contributed by atoms with Crippen molar-refractivity contribution in [3.8, 4) is 0 Å². The molecule has 1 heterocycles. The topological polar surface area (TPSA) is 27.7 Å². The van der Waals surface area contributed by atoms with E-state index in [1.165, 1.54) is 13.0 Å². The van der Waals surface area contributed by atoms with Crippen molar-refractivity contribution in [1.82, 2.24) is 15.1 Å². The van der Waals surface area contributed by atoms with Crippen molar-refractivity contribution in [2.24, 2.45) is 0 Å². The summed E-state index contributed by atoms with van der Waals surface area (Å²) >= 11 is 0. The summed E-state index contributed by atoms with van der Waals surface area (Å²) in [7, 11) is 4.15. The molecule has 1 rings (SSSR count). The molecule has 0 aromatic rings. The molecular formula is C12H27N3O. The highest BCUT2D eigenvalue weighted by molar-refractivity contribution is 4.71. The number of hydrogen-bond acceptors (Lipinski definition) is 4. The molecule has 16 heavy (non-hydrogen) atoms. The van der Waals surface area contributed by atoms with Gasteiger partial charge in [0.15, 0.2) is 0 Å². The molecule has 1 unspecified atom stereocenters. The van der Waals surface area contributed by atoms with Crippen LogP contribution in [-0.2, 0) is 4.74 Å². The molecular weight excluding hydrogens is 202 g/mol. The molecule has 1 N–H and O–H groups in total. The first kappa shape index (κ1) is 13.9. The lowest BCUT2D eigenvalue weighted by Crippen LogP contribution is -2.32. The van der Waals surface area contributed by atoms with E-state index >= 15 is 0 Å². The van der Waals surface area contributed by atoms with E-state index in [2.05, 4.69) is 36.1 Å². The van der Waals surface area contributed by atoms with Crippen molar-refractivity contribution < 1.29 is 4.74 Å². The maximum atomic E-state index is 5.61. The lowest BCUT2D eigenvalue weighted by Gasteiger charge is -2.19. The molecule has 1 saturated heterocycles. The predicted molar refractivity (Wildman–Crippen MR) is 67.9 cm³/mol. The zero-order valence-electron chi connectivity index (χ0n) is 11.0. The SMILES string of the molecule is CC1CCN(CCOCCN(C)C)CCN1. The largest absolute Gasteiger partial charge is 0.379 e. The lowest BCUT2D eigenvalue weighted by molar-refractivity contribution is 0.0940. The normalized spacial score (nSPS) is 23.6. The van der Waals surface area contributed by atoms with E-state index in [4.69, 9.17) is 4.74 Å². The molecule has 0 aliphatic carbocycles. The number of ether oxygens (including phenoxy) is 1. The van der Waals surface area contributed by atoms with E-state index in [9.17, 15) is 0 Å². The van der Waals surface area contributed by atoms with Crippen LogP contribution in [0.3, 0.4) is 0 Å². The molecule has 0 amide bonds. The summed E-state index contributed by atoms with van der Waals surface area (Å²) in [5.74, 6) is 0. The zero-order chi connectivity index (χ0) is 11.8. The maximum absolute atomic E-state index is 5.61. The van der Waals surface area contributed by atoms with Crippen LogP contribution in [0.2, 0.25) is 0 Å². The molecule has 1 fully saturated rings. The van der Waals surface area contributed by atoms with Gasteiger partial charge in [0, 0.05) is 32.2 Å². The summed E-state index contributed by atoms with van der Waals surface area (Å²) in [5, 5.41) is 3.50. The fourth-order valence-electron chi connectivity index (χ4n) is 1.83. The monoisotopic (exact) mass is 229 g/mol. The quantitative estimate of drug-likeness (QED) is 0.661. The van der Waals surface area contributed by atoms with Gasteiger partial charge in [-0.2, -0.15) is 0 Å². The Morgan fingerprint density at radius 3 is 2.88 bits per heavy atom. The second kappa shape index (κ2) is 8.01. The average Bonchev–Trinajstić information content (AvgIpc) is 2.43. The molecule has 0 bridgehead atoms. The molecule has 0 aromatic carbocycles. The van der Waals surface area contributed by atoms with Gasteiger partial charge in [0.1, 0.15) is 0 Å². The second-order valence-corrected chi connectivity index (χ2v) is 4.90. The smallest absolute Gasteiger partial charge is 0.0594 e. The first-order valence-corrected chi connectivity index (χ1v) is 6.36. The van der Waals surface area contributed by atoms with Crippen LogP contribution in [0.15, 0.2) is 0 Å². The molecule has 96 valence electrons. The van der Waals surface area contributed by atoms with Gasteiger partial charge in [-0.3, -0.25) is 4.90 Å². The van der Waals surface area contributed by atoms with Crippen LogP contribution < -0.4 is 5.32 Å². The third-order valence-electron chi connectivity index (χ3n) is 3.03. The van der Waals surface area contributed by atoms with Crippen molar-refractivity contribution in [2.45, 2.75) is 19.4 Å². The van der Waals surface area contributed by atoms with Gasteiger partial charge in [-0.1, -0.05) is 0 Å². The minimum Gasteiger partial charge on any atom is -0.379 e. The Morgan fingerprint density at radius 2 is 2.12 bits per heavy atom. The van der Waals surface area contributed by atoms with Crippen molar-refractivity contribution in [3.63, 3.8) is 0 Å². The molecule has 0 aromatic heterocycles. The van der Waals surface area contributed by atoms with Crippen LogP contribution >= 0.6 is 0 Å². The van der Waals surface area contributed by atoms with E-state index < -0.39 is 0 Å². The second-order valence-electron chi connectivity index (χ2n) is 4.90. The highest BCUT2D eigenvalue weighted by atomic mass is 16.5. The number of nitrogens with one attached hydrogen (secondary N) is 1. The minimum atomic E-state index is 0.666. The molecule has 1 aliphatic heterocycles. The Hall–Kier alpha value is -0.160. The van der Waals surface area contributed by atoms with Crippen molar-refractivity contribution >= 4 is 0 Å². The van der Waals surface area contributed by atoms with Crippen LogP contribution in [0.25, 0.3) is 0 Å². The fraction of sp³-hybridized carbons (Fsp3) is 1.00.